The molecule has 0 saturated carbocycles. The van der Waals surface area contributed by atoms with Crippen LogP contribution in [-0.2, 0) is 20.7 Å². The van der Waals surface area contributed by atoms with Crippen molar-refractivity contribution in [1.29, 1.82) is 0 Å². The van der Waals surface area contributed by atoms with Gasteiger partial charge in [-0.2, -0.15) is 0 Å². The number of rotatable bonds is 6. The average Bonchev–Trinajstić information content (AvgIpc) is 2.96. The summed E-state index contributed by atoms with van der Waals surface area (Å²) in [5.74, 6) is -0.0612. The van der Waals surface area contributed by atoms with Crippen molar-refractivity contribution in [2.75, 3.05) is 11.9 Å². The Kier molecular flexibility index (Phi) is 5.15. The van der Waals surface area contributed by atoms with E-state index in [0.29, 0.717) is 12.1 Å². The van der Waals surface area contributed by atoms with Crippen molar-refractivity contribution in [3.8, 4) is 0 Å². The van der Waals surface area contributed by atoms with Crippen LogP contribution in [0.1, 0.15) is 17.7 Å². The first kappa shape index (κ1) is 14.8. The van der Waals surface area contributed by atoms with Gasteiger partial charge in [-0.1, -0.05) is 12.1 Å². The number of carbonyl (C=O) groups excluding carboxylic acids is 2. The zero-order chi connectivity index (χ0) is 15.1. The number of hydrogen-bond acceptors (Lipinski definition) is 4. The predicted molar refractivity (Wildman–Crippen MR) is 77.8 cm³/mol. The molecule has 5 heteroatoms. The van der Waals surface area contributed by atoms with E-state index >= 15 is 0 Å². The zero-order valence-electron chi connectivity index (χ0n) is 11.8. The Labute approximate surface area is 122 Å². The van der Waals surface area contributed by atoms with Gasteiger partial charge in [0, 0.05) is 12.1 Å². The third-order valence-electron chi connectivity index (χ3n) is 2.82. The molecule has 0 aliphatic heterocycles. The Morgan fingerprint density at radius 2 is 2.10 bits per heavy atom. The smallest absolute Gasteiger partial charge is 0.306 e. The molecule has 0 radical (unpaired) electrons. The number of furan rings is 1. The van der Waals surface area contributed by atoms with Crippen molar-refractivity contribution in [3.05, 3.63) is 54.0 Å². The van der Waals surface area contributed by atoms with Gasteiger partial charge in [-0.15, -0.1) is 0 Å². The van der Waals surface area contributed by atoms with Crippen molar-refractivity contribution in [1.82, 2.24) is 0 Å². The Hall–Kier alpha value is -2.56. The van der Waals surface area contributed by atoms with E-state index in [2.05, 4.69) is 5.32 Å². The number of aryl methyl sites for hydroxylation is 2. The highest BCUT2D eigenvalue weighted by Crippen LogP contribution is 2.09. The van der Waals surface area contributed by atoms with E-state index in [0.717, 1.165) is 11.3 Å². The third-order valence-corrected chi connectivity index (χ3v) is 2.82. The molecular formula is C16H17NO4. The standard InChI is InChI=1S/C16H17NO4/c1-12-4-2-5-13(10-12)17-15(18)11-21-16(19)8-7-14-6-3-9-20-14/h2-6,9-10H,7-8,11H2,1H3,(H,17,18). The number of hydrogen-bond donors (Lipinski definition) is 1. The molecule has 110 valence electrons. The number of benzene rings is 1. The summed E-state index contributed by atoms with van der Waals surface area (Å²) in [4.78, 5) is 23.2. The number of carbonyl (C=O) groups is 2. The van der Waals surface area contributed by atoms with Crippen molar-refractivity contribution in [3.63, 3.8) is 0 Å². The molecule has 0 aliphatic carbocycles. The molecular weight excluding hydrogens is 270 g/mol. The van der Waals surface area contributed by atoms with Gasteiger partial charge in [-0.25, -0.2) is 0 Å². The van der Waals surface area contributed by atoms with E-state index in [9.17, 15) is 9.59 Å². The molecule has 5 nitrogen and oxygen atoms in total. The number of anilines is 1. The van der Waals surface area contributed by atoms with E-state index in [1.54, 1.807) is 24.5 Å². The van der Waals surface area contributed by atoms with E-state index in [1.807, 2.05) is 25.1 Å². The molecule has 1 amide bonds. The normalized spacial score (nSPS) is 10.1. The van der Waals surface area contributed by atoms with Crippen LogP contribution >= 0.6 is 0 Å². The first-order chi connectivity index (χ1) is 10.1. The highest BCUT2D eigenvalue weighted by molar-refractivity contribution is 5.92. The van der Waals surface area contributed by atoms with E-state index in [-0.39, 0.29) is 18.9 Å². The minimum absolute atomic E-state index is 0.186. The summed E-state index contributed by atoms with van der Waals surface area (Å²) in [5, 5.41) is 2.67. The van der Waals surface area contributed by atoms with E-state index < -0.39 is 5.97 Å². The lowest BCUT2D eigenvalue weighted by atomic mass is 10.2. The van der Waals surface area contributed by atoms with Crippen LogP contribution in [0.5, 0.6) is 0 Å². The Morgan fingerprint density at radius 1 is 1.24 bits per heavy atom. The fourth-order valence-corrected chi connectivity index (χ4v) is 1.82. The second-order valence-electron chi connectivity index (χ2n) is 4.66. The summed E-state index contributed by atoms with van der Waals surface area (Å²) in [7, 11) is 0. The Balaban J connectivity index is 1.69. The van der Waals surface area contributed by atoms with Gasteiger partial charge >= 0.3 is 5.97 Å². The molecule has 0 saturated heterocycles. The van der Waals surface area contributed by atoms with Crippen LogP contribution in [0.3, 0.4) is 0 Å². The van der Waals surface area contributed by atoms with Crippen LogP contribution in [0, 0.1) is 6.92 Å². The molecule has 1 N–H and O–H groups in total. The molecule has 21 heavy (non-hydrogen) atoms. The van der Waals surface area contributed by atoms with E-state index in [1.165, 1.54) is 0 Å². The predicted octanol–water partition coefficient (Wildman–Crippen LogP) is 2.70. The Morgan fingerprint density at radius 3 is 2.81 bits per heavy atom. The summed E-state index contributed by atoms with van der Waals surface area (Å²) >= 11 is 0. The first-order valence-corrected chi connectivity index (χ1v) is 6.68. The fourth-order valence-electron chi connectivity index (χ4n) is 1.82. The summed E-state index contributed by atoms with van der Waals surface area (Å²) in [6, 6.07) is 11.0. The Bertz CT molecular complexity index is 604. The maximum Gasteiger partial charge on any atom is 0.306 e. The van der Waals surface area contributed by atoms with Crippen LogP contribution in [0.4, 0.5) is 5.69 Å². The van der Waals surface area contributed by atoms with Crippen LogP contribution in [0.15, 0.2) is 47.1 Å². The number of ether oxygens (including phenoxy) is 1. The summed E-state index contributed by atoms with van der Waals surface area (Å²) < 4.78 is 10.0. The summed E-state index contributed by atoms with van der Waals surface area (Å²) in [5.41, 5.74) is 1.73. The highest BCUT2D eigenvalue weighted by Gasteiger charge is 2.09. The van der Waals surface area contributed by atoms with Gasteiger partial charge in [0.05, 0.1) is 12.7 Å². The van der Waals surface area contributed by atoms with Crippen LogP contribution in [0.2, 0.25) is 0 Å². The molecule has 0 aliphatic rings. The third kappa shape index (κ3) is 5.14. The van der Waals surface area contributed by atoms with E-state index in [4.69, 9.17) is 9.15 Å². The molecule has 0 spiro atoms. The molecule has 2 aromatic rings. The monoisotopic (exact) mass is 287 g/mol. The largest absolute Gasteiger partial charge is 0.469 e. The van der Waals surface area contributed by atoms with Gasteiger partial charge in [0.25, 0.3) is 5.91 Å². The van der Waals surface area contributed by atoms with Crippen molar-refractivity contribution in [2.45, 2.75) is 19.8 Å². The van der Waals surface area contributed by atoms with Crippen LogP contribution in [0.25, 0.3) is 0 Å². The zero-order valence-corrected chi connectivity index (χ0v) is 11.8. The lowest BCUT2D eigenvalue weighted by molar-refractivity contribution is -0.147. The second-order valence-corrected chi connectivity index (χ2v) is 4.66. The minimum Gasteiger partial charge on any atom is -0.469 e. The summed E-state index contributed by atoms with van der Waals surface area (Å²) in [6.07, 6.45) is 2.20. The number of amides is 1. The lowest BCUT2D eigenvalue weighted by Gasteiger charge is -2.07. The van der Waals surface area contributed by atoms with Crippen molar-refractivity contribution >= 4 is 17.6 Å². The minimum atomic E-state index is -0.425. The summed E-state index contributed by atoms with van der Waals surface area (Å²) in [6.45, 7) is 1.65. The fraction of sp³-hybridized carbons (Fsp3) is 0.250. The topological polar surface area (TPSA) is 68.5 Å². The quantitative estimate of drug-likeness (QED) is 0.829. The van der Waals surface area contributed by atoms with Crippen LogP contribution in [-0.4, -0.2) is 18.5 Å². The number of esters is 1. The van der Waals surface area contributed by atoms with Gasteiger partial charge in [-0.3, -0.25) is 9.59 Å². The van der Waals surface area contributed by atoms with Gasteiger partial charge < -0.3 is 14.5 Å². The molecule has 1 heterocycles. The molecule has 0 unspecified atom stereocenters. The molecule has 2 rings (SSSR count). The number of nitrogens with one attached hydrogen (secondary N) is 1. The van der Waals surface area contributed by atoms with Crippen LogP contribution < -0.4 is 5.32 Å². The van der Waals surface area contributed by atoms with Crippen molar-refractivity contribution < 1.29 is 18.7 Å². The van der Waals surface area contributed by atoms with Crippen molar-refractivity contribution in [2.24, 2.45) is 0 Å². The van der Waals surface area contributed by atoms with Gasteiger partial charge in [0.15, 0.2) is 6.61 Å². The molecule has 0 bridgehead atoms. The molecule has 1 aromatic heterocycles. The van der Waals surface area contributed by atoms with Gasteiger partial charge in [0.2, 0.25) is 0 Å². The average molecular weight is 287 g/mol. The highest BCUT2D eigenvalue weighted by atomic mass is 16.5. The molecule has 0 atom stereocenters. The maximum absolute atomic E-state index is 11.7. The van der Waals surface area contributed by atoms with Gasteiger partial charge in [0.1, 0.15) is 5.76 Å². The van der Waals surface area contributed by atoms with Gasteiger partial charge in [-0.05, 0) is 36.8 Å². The second kappa shape index (κ2) is 7.28. The molecule has 1 aromatic carbocycles. The first-order valence-electron chi connectivity index (χ1n) is 6.68. The molecule has 0 fully saturated rings. The lowest BCUT2D eigenvalue weighted by Crippen LogP contribution is -2.21. The maximum atomic E-state index is 11.7. The SMILES string of the molecule is Cc1cccc(NC(=O)COC(=O)CCc2ccco2)c1.